The van der Waals surface area contributed by atoms with Crippen LogP contribution in [0.5, 0.6) is 0 Å². The van der Waals surface area contributed by atoms with E-state index in [9.17, 15) is 9.18 Å². The summed E-state index contributed by atoms with van der Waals surface area (Å²) in [4.78, 5) is 15.5. The average molecular weight is 347 g/mol. The number of hydrogen-bond donors (Lipinski definition) is 2. The first kappa shape index (κ1) is 15.8. The molecule has 0 saturated heterocycles. The lowest BCUT2D eigenvalue weighted by Crippen LogP contribution is -2.13. The molecule has 0 bridgehead atoms. The van der Waals surface area contributed by atoms with Gasteiger partial charge in [-0.3, -0.25) is 4.79 Å². The van der Waals surface area contributed by atoms with Gasteiger partial charge in [0.1, 0.15) is 5.82 Å². The van der Waals surface area contributed by atoms with E-state index in [1.807, 2.05) is 48.5 Å². The van der Waals surface area contributed by atoms with Crippen molar-refractivity contribution in [2.24, 2.45) is 5.73 Å². The molecule has 3 N–H and O–H groups in total. The van der Waals surface area contributed by atoms with Crippen molar-refractivity contribution in [3.8, 4) is 11.3 Å². The van der Waals surface area contributed by atoms with Gasteiger partial charge >= 0.3 is 0 Å². The van der Waals surface area contributed by atoms with Crippen molar-refractivity contribution in [1.82, 2.24) is 14.6 Å². The van der Waals surface area contributed by atoms with Crippen molar-refractivity contribution in [2.45, 2.75) is 0 Å². The van der Waals surface area contributed by atoms with Crippen LogP contribution < -0.4 is 11.1 Å². The van der Waals surface area contributed by atoms with Gasteiger partial charge in [0.05, 0.1) is 11.3 Å². The fraction of sp³-hybridized carbons (Fsp3) is 0. The second kappa shape index (κ2) is 6.29. The summed E-state index contributed by atoms with van der Waals surface area (Å²) in [7, 11) is 0. The molecule has 2 aromatic carbocycles. The Balaban J connectivity index is 1.70. The van der Waals surface area contributed by atoms with Gasteiger partial charge in [-0.2, -0.15) is 4.98 Å². The lowest BCUT2D eigenvalue weighted by atomic mass is 10.1. The fourth-order valence-electron chi connectivity index (χ4n) is 2.71. The summed E-state index contributed by atoms with van der Waals surface area (Å²) in [5.41, 5.74) is 7.92. The van der Waals surface area contributed by atoms with E-state index in [-0.39, 0.29) is 5.56 Å². The number of carbonyl (C=O) groups is 1. The number of carbonyl (C=O) groups excluding carboxylic acids is 1. The maximum absolute atomic E-state index is 13.9. The summed E-state index contributed by atoms with van der Waals surface area (Å²) in [5.74, 6) is -1.19. The van der Waals surface area contributed by atoms with E-state index in [1.165, 1.54) is 12.1 Å². The number of amides is 1. The predicted octanol–water partition coefficient (Wildman–Crippen LogP) is 3.38. The summed E-state index contributed by atoms with van der Waals surface area (Å²) in [6.45, 7) is 0. The van der Waals surface area contributed by atoms with Gasteiger partial charge in [-0.15, -0.1) is 5.10 Å². The first-order chi connectivity index (χ1) is 12.6. The smallest absolute Gasteiger partial charge is 0.251 e. The molecule has 4 rings (SSSR count). The number of nitrogens with two attached hydrogens (primary N) is 1. The van der Waals surface area contributed by atoms with Crippen LogP contribution in [-0.2, 0) is 0 Å². The van der Waals surface area contributed by atoms with Gasteiger partial charge in [0.2, 0.25) is 5.95 Å². The lowest BCUT2D eigenvalue weighted by Gasteiger charge is -2.04. The number of rotatable bonds is 4. The molecule has 0 aliphatic rings. The minimum atomic E-state index is -0.813. The number of halogens is 1. The number of nitrogens with zero attached hydrogens (tertiary/aromatic N) is 3. The molecule has 128 valence electrons. The number of primary amides is 1. The highest BCUT2D eigenvalue weighted by Gasteiger charge is 2.11. The van der Waals surface area contributed by atoms with Gasteiger partial charge in [0, 0.05) is 11.3 Å². The number of pyridine rings is 1. The van der Waals surface area contributed by atoms with Crippen molar-refractivity contribution in [3.63, 3.8) is 0 Å². The van der Waals surface area contributed by atoms with Gasteiger partial charge in [-0.25, -0.2) is 8.91 Å². The zero-order chi connectivity index (χ0) is 18.1. The van der Waals surface area contributed by atoms with Crippen LogP contribution in [0, 0.1) is 5.82 Å². The topological polar surface area (TPSA) is 85.3 Å². The molecule has 2 aromatic heterocycles. The zero-order valence-corrected chi connectivity index (χ0v) is 13.6. The summed E-state index contributed by atoms with van der Waals surface area (Å²) in [6, 6.07) is 19.6. The van der Waals surface area contributed by atoms with E-state index in [0.29, 0.717) is 17.3 Å². The first-order valence-corrected chi connectivity index (χ1v) is 7.89. The molecule has 1 amide bonds. The van der Waals surface area contributed by atoms with E-state index in [4.69, 9.17) is 5.73 Å². The molecule has 4 aromatic rings. The van der Waals surface area contributed by atoms with Crippen molar-refractivity contribution in [2.75, 3.05) is 5.32 Å². The van der Waals surface area contributed by atoms with Crippen molar-refractivity contribution >= 4 is 23.2 Å². The Morgan fingerprint density at radius 2 is 1.85 bits per heavy atom. The summed E-state index contributed by atoms with van der Waals surface area (Å²) in [5, 5.41) is 7.40. The van der Waals surface area contributed by atoms with Crippen LogP contribution in [0.15, 0.2) is 66.7 Å². The SMILES string of the molecule is NC(=O)c1ccc(Nc2nc3cccc(-c4ccccc4)n3n2)cc1F. The molecule has 0 aliphatic carbocycles. The second-order valence-corrected chi connectivity index (χ2v) is 5.67. The quantitative estimate of drug-likeness (QED) is 0.593. The van der Waals surface area contributed by atoms with E-state index in [2.05, 4.69) is 15.4 Å². The highest BCUT2D eigenvalue weighted by molar-refractivity contribution is 5.93. The first-order valence-electron chi connectivity index (χ1n) is 7.89. The van der Waals surface area contributed by atoms with Gasteiger partial charge in [0.25, 0.3) is 5.91 Å². The Bertz CT molecular complexity index is 1110. The molecule has 0 radical (unpaired) electrons. The Morgan fingerprint density at radius 1 is 1.04 bits per heavy atom. The van der Waals surface area contributed by atoms with E-state index >= 15 is 0 Å². The monoisotopic (exact) mass is 347 g/mol. The molecule has 0 aliphatic heterocycles. The number of aromatic nitrogens is 3. The molecule has 0 saturated carbocycles. The minimum absolute atomic E-state index is 0.162. The number of anilines is 2. The second-order valence-electron chi connectivity index (χ2n) is 5.67. The zero-order valence-electron chi connectivity index (χ0n) is 13.6. The molecule has 6 nitrogen and oxygen atoms in total. The van der Waals surface area contributed by atoms with E-state index in [1.54, 1.807) is 10.6 Å². The standard InChI is InChI=1S/C19H14FN5O/c20-15-11-13(9-10-14(15)18(21)26)22-19-23-17-8-4-7-16(25(17)24-19)12-5-2-1-3-6-12/h1-11H,(H2,21,26)(H,22,24). The lowest BCUT2D eigenvalue weighted by molar-refractivity contribution is 0.0996. The largest absolute Gasteiger partial charge is 0.366 e. The Hall–Kier alpha value is -3.74. The summed E-state index contributed by atoms with van der Waals surface area (Å²) >= 11 is 0. The summed E-state index contributed by atoms with van der Waals surface area (Å²) < 4.78 is 15.6. The Morgan fingerprint density at radius 3 is 2.58 bits per heavy atom. The van der Waals surface area contributed by atoms with Crippen molar-refractivity contribution in [1.29, 1.82) is 0 Å². The maximum Gasteiger partial charge on any atom is 0.251 e. The van der Waals surface area contributed by atoms with Gasteiger partial charge in [-0.05, 0) is 30.3 Å². The average Bonchev–Trinajstić information content (AvgIpc) is 3.04. The van der Waals surface area contributed by atoms with Gasteiger partial charge in [-0.1, -0.05) is 36.4 Å². The van der Waals surface area contributed by atoms with Crippen molar-refractivity contribution in [3.05, 3.63) is 78.1 Å². The molecular formula is C19H14FN5O. The van der Waals surface area contributed by atoms with Crippen molar-refractivity contribution < 1.29 is 9.18 Å². The molecule has 0 atom stereocenters. The third-order valence-electron chi connectivity index (χ3n) is 3.92. The molecule has 26 heavy (non-hydrogen) atoms. The van der Waals surface area contributed by atoms with Crippen LogP contribution >= 0.6 is 0 Å². The van der Waals surface area contributed by atoms with E-state index in [0.717, 1.165) is 11.3 Å². The van der Waals surface area contributed by atoms with Crippen LogP contribution in [0.25, 0.3) is 16.9 Å². The number of benzene rings is 2. The van der Waals surface area contributed by atoms with Crippen LogP contribution in [0.4, 0.5) is 16.0 Å². The maximum atomic E-state index is 13.9. The third-order valence-corrected chi connectivity index (χ3v) is 3.92. The molecule has 0 unspecified atom stereocenters. The molecule has 0 fully saturated rings. The molecule has 0 spiro atoms. The third kappa shape index (κ3) is 2.86. The highest BCUT2D eigenvalue weighted by Crippen LogP contribution is 2.22. The Labute approximate surface area is 148 Å². The summed E-state index contributed by atoms with van der Waals surface area (Å²) in [6.07, 6.45) is 0. The van der Waals surface area contributed by atoms with Gasteiger partial charge < -0.3 is 11.1 Å². The van der Waals surface area contributed by atoms with Gasteiger partial charge in [0.15, 0.2) is 5.65 Å². The Kier molecular flexibility index (Phi) is 3.81. The van der Waals surface area contributed by atoms with Crippen LogP contribution in [-0.4, -0.2) is 20.5 Å². The van der Waals surface area contributed by atoms with Crippen LogP contribution in [0.1, 0.15) is 10.4 Å². The van der Waals surface area contributed by atoms with Crippen LogP contribution in [0.3, 0.4) is 0 Å². The number of nitrogens with one attached hydrogen (secondary N) is 1. The number of hydrogen-bond acceptors (Lipinski definition) is 4. The van der Waals surface area contributed by atoms with Crippen LogP contribution in [0.2, 0.25) is 0 Å². The minimum Gasteiger partial charge on any atom is -0.366 e. The molecule has 2 heterocycles. The van der Waals surface area contributed by atoms with E-state index < -0.39 is 11.7 Å². The number of fused-ring (bicyclic) bond motifs is 1. The highest BCUT2D eigenvalue weighted by atomic mass is 19.1. The molecular weight excluding hydrogens is 333 g/mol. The predicted molar refractivity (Wildman–Crippen MR) is 96.6 cm³/mol. The normalized spacial score (nSPS) is 10.8. The molecule has 7 heteroatoms. The fourth-order valence-corrected chi connectivity index (χ4v) is 2.71.